The van der Waals surface area contributed by atoms with E-state index in [-0.39, 0.29) is 0 Å². The summed E-state index contributed by atoms with van der Waals surface area (Å²) in [6.45, 7) is 7.60. The van der Waals surface area contributed by atoms with Crippen molar-refractivity contribution in [3.63, 3.8) is 0 Å². The second kappa shape index (κ2) is 9.28. The standard InChI is InChI=1S/C13H13NO.C2H6/c1-3-4-5-13(14-2)12-8-6-11(10-15)7-9-12;1-2/h3-10H,1H2,2H3;1-2H3/b5-4-,14-13?;. The van der Waals surface area contributed by atoms with Crippen molar-refractivity contribution < 1.29 is 4.79 Å². The van der Waals surface area contributed by atoms with Gasteiger partial charge in [0, 0.05) is 12.6 Å². The summed E-state index contributed by atoms with van der Waals surface area (Å²) in [5.41, 5.74) is 2.52. The molecule has 90 valence electrons. The lowest BCUT2D eigenvalue weighted by Gasteiger charge is -2.00. The first kappa shape index (κ1) is 15.0. The Morgan fingerprint density at radius 2 is 1.82 bits per heavy atom. The largest absolute Gasteiger partial charge is 0.298 e. The molecule has 2 heteroatoms. The first-order valence-corrected chi connectivity index (χ1v) is 5.63. The van der Waals surface area contributed by atoms with Crippen LogP contribution in [0.2, 0.25) is 0 Å². The van der Waals surface area contributed by atoms with Gasteiger partial charge in [0.2, 0.25) is 0 Å². The highest BCUT2D eigenvalue weighted by Crippen LogP contribution is 2.05. The van der Waals surface area contributed by atoms with Gasteiger partial charge in [-0.2, -0.15) is 0 Å². The van der Waals surface area contributed by atoms with E-state index in [1.165, 1.54) is 0 Å². The van der Waals surface area contributed by atoms with Crippen molar-refractivity contribution in [1.29, 1.82) is 0 Å². The zero-order chi connectivity index (χ0) is 13.1. The van der Waals surface area contributed by atoms with Gasteiger partial charge < -0.3 is 0 Å². The number of hydrogen-bond acceptors (Lipinski definition) is 2. The van der Waals surface area contributed by atoms with Crippen LogP contribution in [0.3, 0.4) is 0 Å². The predicted molar refractivity (Wildman–Crippen MR) is 75.0 cm³/mol. The van der Waals surface area contributed by atoms with Crippen LogP contribution in [0, 0.1) is 0 Å². The number of allylic oxidation sites excluding steroid dienone is 3. The smallest absolute Gasteiger partial charge is 0.150 e. The van der Waals surface area contributed by atoms with Gasteiger partial charge in [0.15, 0.2) is 0 Å². The lowest BCUT2D eigenvalue weighted by Crippen LogP contribution is -1.96. The van der Waals surface area contributed by atoms with Crippen LogP contribution in [0.25, 0.3) is 0 Å². The summed E-state index contributed by atoms with van der Waals surface area (Å²) in [6.07, 6.45) is 6.23. The SMILES string of the molecule is C=C/C=C\C(=NC)c1ccc(C=O)cc1.CC. The van der Waals surface area contributed by atoms with Crippen molar-refractivity contribution in [1.82, 2.24) is 0 Å². The Labute approximate surface area is 103 Å². The van der Waals surface area contributed by atoms with Crippen LogP contribution < -0.4 is 0 Å². The van der Waals surface area contributed by atoms with Crippen molar-refractivity contribution in [3.8, 4) is 0 Å². The molecular formula is C15H19NO. The van der Waals surface area contributed by atoms with Crippen LogP contribution in [0.5, 0.6) is 0 Å². The van der Waals surface area contributed by atoms with Crippen molar-refractivity contribution in [2.24, 2.45) is 4.99 Å². The Balaban J connectivity index is 0.00000121. The van der Waals surface area contributed by atoms with E-state index in [1.807, 2.05) is 38.1 Å². The molecule has 0 aliphatic heterocycles. The van der Waals surface area contributed by atoms with Crippen molar-refractivity contribution in [3.05, 3.63) is 60.2 Å². The molecule has 0 saturated carbocycles. The minimum absolute atomic E-state index is 0.668. The van der Waals surface area contributed by atoms with Crippen LogP contribution >= 0.6 is 0 Å². The van der Waals surface area contributed by atoms with Crippen LogP contribution in [0.1, 0.15) is 29.8 Å². The van der Waals surface area contributed by atoms with Crippen molar-refractivity contribution in [2.75, 3.05) is 7.05 Å². The molecule has 0 fully saturated rings. The van der Waals surface area contributed by atoms with Crippen molar-refractivity contribution in [2.45, 2.75) is 13.8 Å². The third-order valence-corrected chi connectivity index (χ3v) is 1.97. The summed E-state index contributed by atoms with van der Waals surface area (Å²) in [5, 5.41) is 0. The van der Waals surface area contributed by atoms with E-state index in [0.717, 1.165) is 17.6 Å². The second-order valence-electron chi connectivity index (χ2n) is 2.94. The average Bonchev–Trinajstić information content (AvgIpc) is 2.42. The number of carbonyl (C=O) groups excluding carboxylic acids is 1. The van der Waals surface area contributed by atoms with Gasteiger partial charge in [-0.15, -0.1) is 0 Å². The fourth-order valence-corrected chi connectivity index (χ4v) is 1.19. The van der Waals surface area contributed by atoms with E-state index >= 15 is 0 Å². The zero-order valence-electron chi connectivity index (χ0n) is 10.7. The van der Waals surface area contributed by atoms with Gasteiger partial charge in [0.05, 0.1) is 5.71 Å². The first-order valence-electron chi connectivity index (χ1n) is 5.63. The summed E-state index contributed by atoms with van der Waals surface area (Å²) < 4.78 is 0. The van der Waals surface area contributed by atoms with Crippen LogP contribution in [-0.2, 0) is 0 Å². The molecule has 0 spiro atoms. The molecule has 0 bridgehead atoms. The fourth-order valence-electron chi connectivity index (χ4n) is 1.19. The molecule has 0 radical (unpaired) electrons. The number of aldehydes is 1. The van der Waals surface area contributed by atoms with Gasteiger partial charge in [0.1, 0.15) is 6.29 Å². The van der Waals surface area contributed by atoms with E-state index in [0.29, 0.717) is 5.56 Å². The van der Waals surface area contributed by atoms with Gasteiger partial charge in [-0.05, 0) is 11.6 Å². The summed E-state index contributed by atoms with van der Waals surface area (Å²) in [6, 6.07) is 7.30. The Morgan fingerprint density at radius 3 is 2.24 bits per heavy atom. The number of aliphatic imine (C=N–C) groups is 1. The second-order valence-corrected chi connectivity index (χ2v) is 2.94. The maximum Gasteiger partial charge on any atom is 0.150 e. The molecule has 17 heavy (non-hydrogen) atoms. The molecule has 0 saturated heterocycles. The summed E-state index contributed by atoms with van der Waals surface area (Å²) in [7, 11) is 1.73. The molecule has 0 atom stereocenters. The van der Waals surface area contributed by atoms with Gasteiger partial charge in [-0.1, -0.05) is 56.8 Å². The highest BCUT2D eigenvalue weighted by Gasteiger charge is 1.97. The summed E-state index contributed by atoms with van der Waals surface area (Å²) in [5.74, 6) is 0. The first-order chi connectivity index (χ1) is 8.31. The Hall–Kier alpha value is -1.96. The lowest BCUT2D eigenvalue weighted by molar-refractivity contribution is 0.112. The Morgan fingerprint density at radius 1 is 1.24 bits per heavy atom. The molecular weight excluding hydrogens is 210 g/mol. The Kier molecular flexibility index (Phi) is 8.21. The molecule has 0 heterocycles. The molecule has 1 rings (SSSR count). The molecule has 0 aliphatic carbocycles. The number of benzene rings is 1. The number of rotatable bonds is 4. The fraction of sp³-hybridized carbons (Fsp3) is 0.200. The van der Waals surface area contributed by atoms with Gasteiger partial charge in [-0.3, -0.25) is 9.79 Å². The van der Waals surface area contributed by atoms with Gasteiger partial charge in [-0.25, -0.2) is 0 Å². The van der Waals surface area contributed by atoms with E-state index in [4.69, 9.17) is 0 Å². The third-order valence-electron chi connectivity index (χ3n) is 1.97. The summed E-state index contributed by atoms with van der Waals surface area (Å²) in [4.78, 5) is 14.6. The number of hydrogen-bond donors (Lipinski definition) is 0. The maximum atomic E-state index is 10.5. The number of carbonyl (C=O) groups is 1. The van der Waals surface area contributed by atoms with E-state index in [2.05, 4.69) is 11.6 Å². The third kappa shape index (κ3) is 5.07. The zero-order valence-corrected chi connectivity index (χ0v) is 10.7. The molecule has 1 aromatic carbocycles. The number of nitrogens with zero attached hydrogens (tertiary/aromatic N) is 1. The van der Waals surface area contributed by atoms with Crippen LogP contribution in [-0.4, -0.2) is 19.0 Å². The molecule has 1 aromatic rings. The highest BCUT2D eigenvalue weighted by molar-refractivity contribution is 6.08. The van der Waals surface area contributed by atoms with Gasteiger partial charge in [0.25, 0.3) is 0 Å². The lowest BCUT2D eigenvalue weighted by atomic mass is 10.1. The van der Waals surface area contributed by atoms with E-state index in [1.54, 1.807) is 25.3 Å². The molecule has 0 aliphatic rings. The molecule has 0 amide bonds. The molecule has 0 N–H and O–H groups in total. The van der Waals surface area contributed by atoms with E-state index < -0.39 is 0 Å². The van der Waals surface area contributed by atoms with Crippen LogP contribution in [0.4, 0.5) is 0 Å². The summed E-state index contributed by atoms with van der Waals surface area (Å²) >= 11 is 0. The monoisotopic (exact) mass is 229 g/mol. The minimum atomic E-state index is 0.668. The predicted octanol–water partition coefficient (Wildman–Crippen LogP) is 3.69. The molecule has 0 unspecified atom stereocenters. The molecule has 0 aromatic heterocycles. The van der Waals surface area contributed by atoms with Crippen LogP contribution in [0.15, 0.2) is 54.1 Å². The average molecular weight is 229 g/mol. The van der Waals surface area contributed by atoms with Gasteiger partial charge >= 0.3 is 0 Å². The highest BCUT2D eigenvalue weighted by atomic mass is 16.1. The minimum Gasteiger partial charge on any atom is -0.298 e. The Bertz CT molecular complexity index is 399. The van der Waals surface area contributed by atoms with Crippen molar-refractivity contribution >= 4 is 12.0 Å². The quantitative estimate of drug-likeness (QED) is 0.440. The van der Waals surface area contributed by atoms with E-state index in [9.17, 15) is 4.79 Å². The molecule has 2 nitrogen and oxygen atoms in total. The normalized spacial score (nSPS) is 10.6. The maximum absolute atomic E-state index is 10.5. The topological polar surface area (TPSA) is 29.4 Å².